The monoisotopic (exact) mass is 286 g/mol. The van der Waals surface area contributed by atoms with Crippen molar-refractivity contribution in [1.29, 1.82) is 0 Å². The zero-order valence-corrected chi connectivity index (χ0v) is 12.1. The van der Waals surface area contributed by atoms with E-state index in [4.69, 9.17) is 0 Å². The zero-order valence-electron chi connectivity index (χ0n) is 11.3. The zero-order chi connectivity index (χ0) is 13.8. The summed E-state index contributed by atoms with van der Waals surface area (Å²) in [5.41, 5.74) is 2.35. The molecule has 20 heavy (non-hydrogen) atoms. The van der Waals surface area contributed by atoms with Crippen molar-refractivity contribution >= 4 is 17.4 Å². The van der Waals surface area contributed by atoms with Gasteiger partial charge in [-0.15, -0.1) is 0 Å². The number of thiophene rings is 1. The molecule has 1 aromatic carbocycles. The lowest BCUT2D eigenvalue weighted by molar-refractivity contribution is 0.191. The smallest absolute Gasteiger partial charge is 0.318 e. The Balaban J connectivity index is 1.58. The van der Waals surface area contributed by atoms with E-state index in [0.29, 0.717) is 12.6 Å². The Morgan fingerprint density at radius 2 is 2.00 bits per heavy atom. The number of urea groups is 1. The number of benzene rings is 1. The van der Waals surface area contributed by atoms with E-state index in [1.807, 2.05) is 35.2 Å². The lowest BCUT2D eigenvalue weighted by Crippen LogP contribution is -2.40. The fourth-order valence-corrected chi connectivity index (χ4v) is 2.87. The average molecular weight is 286 g/mol. The normalized spacial score (nSPS) is 14.0. The first-order valence-electron chi connectivity index (χ1n) is 6.92. The van der Waals surface area contributed by atoms with Crippen LogP contribution in [0.4, 0.5) is 4.79 Å². The number of carbonyl (C=O) groups excluding carboxylic acids is 1. The fourth-order valence-electron chi connectivity index (χ4n) is 2.21. The summed E-state index contributed by atoms with van der Waals surface area (Å²) >= 11 is 1.68. The van der Waals surface area contributed by atoms with Crippen molar-refractivity contribution in [2.75, 3.05) is 0 Å². The van der Waals surface area contributed by atoms with Gasteiger partial charge < -0.3 is 10.2 Å². The molecule has 0 saturated heterocycles. The molecule has 1 N–H and O–H groups in total. The second-order valence-electron chi connectivity index (χ2n) is 5.13. The minimum absolute atomic E-state index is 0.0440. The average Bonchev–Trinajstić information content (AvgIpc) is 3.20. The molecule has 1 aromatic heterocycles. The van der Waals surface area contributed by atoms with Crippen molar-refractivity contribution in [2.24, 2.45) is 0 Å². The second-order valence-corrected chi connectivity index (χ2v) is 5.92. The fraction of sp³-hybridized carbons (Fsp3) is 0.312. The van der Waals surface area contributed by atoms with Gasteiger partial charge in [0.25, 0.3) is 0 Å². The van der Waals surface area contributed by atoms with Crippen molar-refractivity contribution in [3.63, 3.8) is 0 Å². The van der Waals surface area contributed by atoms with Crippen LogP contribution in [0, 0.1) is 0 Å². The van der Waals surface area contributed by atoms with Gasteiger partial charge in [-0.05, 0) is 40.8 Å². The van der Waals surface area contributed by atoms with E-state index in [9.17, 15) is 4.79 Å². The van der Waals surface area contributed by atoms with Crippen molar-refractivity contribution in [2.45, 2.75) is 32.0 Å². The summed E-state index contributed by atoms with van der Waals surface area (Å²) in [5, 5.41) is 7.19. The maximum atomic E-state index is 12.3. The molecule has 0 spiro atoms. The van der Waals surface area contributed by atoms with E-state index in [1.165, 1.54) is 5.56 Å². The van der Waals surface area contributed by atoms with E-state index in [2.05, 4.69) is 22.1 Å². The van der Waals surface area contributed by atoms with Crippen molar-refractivity contribution < 1.29 is 4.79 Å². The molecule has 4 heteroatoms. The molecule has 0 bridgehead atoms. The van der Waals surface area contributed by atoms with Gasteiger partial charge in [-0.3, -0.25) is 0 Å². The summed E-state index contributed by atoms with van der Waals surface area (Å²) in [5.74, 6) is 0. The predicted octanol–water partition coefficient (Wildman–Crippen LogP) is 3.62. The Labute approximate surface area is 123 Å². The van der Waals surface area contributed by atoms with Gasteiger partial charge >= 0.3 is 6.03 Å². The van der Waals surface area contributed by atoms with Gasteiger partial charge in [-0.25, -0.2) is 4.79 Å². The Morgan fingerprint density at radius 1 is 1.20 bits per heavy atom. The van der Waals surface area contributed by atoms with Gasteiger partial charge in [0.05, 0.1) is 0 Å². The molecule has 1 heterocycles. The summed E-state index contributed by atoms with van der Waals surface area (Å²) in [6, 6.07) is 12.6. The molecule has 2 aromatic rings. The molecule has 104 valence electrons. The predicted molar refractivity (Wildman–Crippen MR) is 81.6 cm³/mol. The molecule has 3 nitrogen and oxygen atoms in total. The third-order valence-corrected chi connectivity index (χ3v) is 4.20. The molecule has 1 fully saturated rings. The highest BCUT2D eigenvalue weighted by Crippen LogP contribution is 2.28. The molecule has 1 saturated carbocycles. The summed E-state index contributed by atoms with van der Waals surface area (Å²) < 4.78 is 0. The van der Waals surface area contributed by atoms with Gasteiger partial charge in [-0.2, -0.15) is 11.3 Å². The molecule has 3 rings (SSSR count). The number of amides is 2. The van der Waals surface area contributed by atoms with Gasteiger partial charge in [0, 0.05) is 19.1 Å². The van der Waals surface area contributed by atoms with E-state index in [0.717, 1.165) is 24.9 Å². The van der Waals surface area contributed by atoms with Gasteiger partial charge in [0.1, 0.15) is 0 Å². The van der Waals surface area contributed by atoms with E-state index >= 15 is 0 Å². The van der Waals surface area contributed by atoms with E-state index in [-0.39, 0.29) is 6.03 Å². The van der Waals surface area contributed by atoms with Crippen LogP contribution in [0.15, 0.2) is 47.2 Å². The Morgan fingerprint density at radius 3 is 2.65 bits per heavy atom. The first-order chi connectivity index (χ1) is 9.83. The molecule has 0 aliphatic heterocycles. The summed E-state index contributed by atoms with van der Waals surface area (Å²) in [7, 11) is 0. The van der Waals surface area contributed by atoms with Crippen molar-refractivity contribution in [1.82, 2.24) is 10.2 Å². The third-order valence-electron chi connectivity index (χ3n) is 3.47. The lowest BCUT2D eigenvalue weighted by atomic mass is 10.2. The minimum Gasteiger partial charge on any atom is -0.334 e. The molecule has 1 aliphatic rings. The third kappa shape index (κ3) is 3.39. The van der Waals surface area contributed by atoms with Gasteiger partial charge in [0.2, 0.25) is 0 Å². The largest absolute Gasteiger partial charge is 0.334 e. The van der Waals surface area contributed by atoms with Gasteiger partial charge in [-0.1, -0.05) is 30.3 Å². The van der Waals surface area contributed by atoms with Crippen molar-refractivity contribution in [3.8, 4) is 0 Å². The lowest BCUT2D eigenvalue weighted by Gasteiger charge is -2.22. The Bertz CT molecular complexity index is 549. The Hall–Kier alpha value is -1.81. The second kappa shape index (κ2) is 6.09. The van der Waals surface area contributed by atoms with Crippen LogP contribution in [-0.2, 0) is 13.1 Å². The number of rotatable bonds is 5. The minimum atomic E-state index is 0.0440. The summed E-state index contributed by atoms with van der Waals surface area (Å²) in [6.07, 6.45) is 2.26. The first kappa shape index (κ1) is 13.2. The van der Waals surface area contributed by atoms with Crippen LogP contribution >= 0.6 is 11.3 Å². The van der Waals surface area contributed by atoms with E-state index in [1.54, 1.807) is 11.3 Å². The number of hydrogen-bond acceptors (Lipinski definition) is 2. The number of nitrogens with one attached hydrogen (secondary N) is 1. The first-order valence-corrected chi connectivity index (χ1v) is 7.86. The number of nitrogens with zero attached hydrogens (tertiary/aromatic N) is 1. The topological polar surface area (TPSA) is 32.3 Å². The highest BCUT2D eigenvalue weighted by molar-refractivity contribution is 7.07. The standard InChI is InChI=1S/C16H18N2OS/c19-16(17-10-13-4-2-1-3-5-13)18(15-6-7-15)11-14-8-9-20-12-14/h1-5,8-9,12,15H,6-7,10-11H2,(H,17,19). The van der Waals surface area contributed by atoms with E-state index < -0.39 is 0 Å². The van der Waals surface area contributed by atoms with Gasteiger partial charge in [0.15, 0.2) is 0 Å². The molecule has 0 unspecified atom stereocenters. The van der Waals surface area contributed by atoms with Crippen LogP contribution in [0.25, 0.3) is 0 Å². The molecule has 0 radical (unpaired) electrons. The number of carbonyl (C=O) groups is 1. The van der Waals surface area contributed by atoms with Crippen LogP contribution in [0.1, 0.15) is 24.0 Å². The SMILES string of the molecule is O=C(NCc1ccccc1)N(Cc1ccsc1)C1CC1. The molecule has 2 amide bonds. The van der Waals surface area contributed by atoms with Crippen LogP contribution in [0.5, 0.6) is 0 Å². The van der Waals surface area contributed by atoms with Crippen LogP contribution in [-0.4, -0.2) is 17.0 Å². The van der Waals surface area contributed by atoms with Crippen LogP contribution < -0.4 is 5.32 Å². The maximum Gasteiger partial charge on any atom is 0.318 e. The number of hydrogen-bond donors (Lipinski definition) is 1. The van der Waals surface area contributed by atoms with Crippen LogP contribution in [0.2, 0.25) is 0 Å². The van der Waals surface area contributed by atoms with Crippen molar-refractivity contribution in [3.05, 3.63) is 58.3 Å². The maximum absolute atomic E-state index is 12.3. The van der Waals surface area contributed by atoms with Crippen LogP contribution in [0.3, 0.4) is 0 Å². The molecular formula is C16H18N2OS. The Kier molecular flexibility index (Phi) is 4.02. The molecule has 0 atom stereocenters. The quantitative estimate of drug-likeness (QED) is 0.894. The highest BCUT2D eigenvalue weighted by Gasteiger charge is 2.32. The molecule has 1 aliphatic carbocycles. The highest BCUT2D eigenvalue weighted by atomic mass is 32.1. The summed E-state index contributed by atoms with van der Waals surface area (Å²) in [6.45, 7) is 1.31. The summed E-state index contributed by atoms with van der Waals surface area (Å²) in [4.78, 5) is 14.3. The molecular weight excluding hydrogens is 268 g/mol.